The van der Waals surface area contributed by atoms with Crippen LogP contribution in [0, 0.1) is 0 Å². The highest BCUT2D eigenvalue weighted by atomic mass is 16.5. The number of benzene rings is 1. The van der Waals surface area contributed by atoms with Gasteiger partial charge in [-0.15, -0.1) is 0 Å². The third-order valence-electron chi connectivity index (χ3n) is 2.32. The Morgan fingerprint density at radius 1 is 1.35 bits per heavy atom. The van der Waals surface area contributed by atoms with E-state index in [9.17, 15) is 4.79 Å². The summed E-state index contributed by atoms with van der Waals surface area (Å²) in [6.07, 6.45) is 0.382. The molecule has 0 unspecified atom stereocenters. The number of rotatable bonds is 7. The van der Waals surface area contributed by atoms with Crippen LogP contribution in [0.4, 0.5) is 0 Å². The summed E-state index contributed by atoms with van der Waals surface area (Å²) >= 11 is 0. The molecule has 17 heavy (non-hydrogen) atoms. The number of para-hydroxylation sites is 1. The predicted octanol–water partition coefficient (Wildman–Crippen LogP) is 1.74. The van der Waals surface area contributed by atoms with Crippen molar-refractivity contribution in [2.75, 3.05) is 20.3 Å². The molecule has 0 radical (unpaired) electrons. The van der Waals surface area contributed by atoms with Crippen molar-refractivity contribution in [1.29, 1.82) is 0 Å². The molecule has 1 N–H and O–H groups in total. The summed E-state index contributed by atoms with van der Waals surface area (Å²) in [5.41, 5.74) is 1.10. The largest absolute Gasteiger partial charge is 0.494 e. The number of hydrogen-bond donors (Lipinski definition) is 1. The van der Waals surface area contributed by atoms with Crippen molar-refractivity contribution in [3.05, 3.63) is 29.8 Å². The topological polar surface area (TPSA) is 47.6 Å². The number of carbonyl (C=O) groups is 1. The van der Waals surface area contributed by atoms with Crippen LogP contribution in [0.25, 0.3) is 0 Å². The van der Waals surface area contributed by atoms with Gasteiger partial charge in [-0.25, -0.2) is 0 Å². The van der Waals surface area contributed by atoms with Gasteiger partial charge in [-0.1, -0.05) is 18.2 Å². The Labute approximate surface area is 102 Å². The Hall–Kier alpha value is -1.55. The number of hydrogen-bond acceptors (Lipinski definition) is 4. The molecule has 0 atom stereocenters. The Bertz CT molecular complexity index is 352. The first-order valence-corrected chi connectivity index (χ1v) is 5.76. The van der Waals surface area contributed by atoms with E-state index >= 15 is 0 Å². The molecule has 0 saturated carbocycles. The smallest absolute Gasteiger partial charge is 0.306 e. The van der Waals surface area contributed by atoms with Gasteiger partial charge in [0.2, 0.25) is 0 Å². The predicted molar refractivity (Wildman–Crippen MR) is 66.0 cm³/mol. The Balaban J connectivity index is 2.38. The highest BCUT2D eigenvalue weighted by Crippen LogP contribution is 2.17. The summed E-state index contributed by atoms with van der Waals surface area (Å²) in [6.45, 7) is 3.90. The molecule has 0 heterocycles. The fraction of sp³-hybridized carbons (Fsp3) is 0.462. The minimum atomic E-state index is -0.199. The maximum atomic E-state index is 10.9. The third-order valence-corrected chi connectivity index (χ3v) is 2.32. The lowest BCUT2D eigenvalue weighted by Gasteiger charge is -2.10. The van der Waals surface area contributed by atoms with E-state index in [4.69, 9.17) is 4.74 Å². The van der Waals surface area contributed by atoms with Gasteiger partial charge in [0.15, 0.2) is 0 Å². The van der Waals surface area contributed by atoms with Crippen molar-refractivity contribution in [3.63, 3.8) is 0 Å². The number of carbonyl (C=O) groups excluding carboxylic acids is 1. The number of ether oxygens (including phenoxy) is 2. The van der Waals surface area contributed by atoms with E-state index in [1.807, 2.05) is 31.2 Å². The van der Waals surface area contributed by atoms with Crippen LogP contribution >= 0.6 is 0 Å². The fourth-order valence-corrected chi connectivity index (χ4v) is 1.46. The van der Waals surface area contributed by atoms with Gasteiger partial charge in [0, 0.05) is 18.7 Å². The standard InChI is InChI=1S/C13H19NO3/c1-3-17-12-7-5-4-6-11(12)10-14-9-8-13(15)16-2/h4-7,14H,3,8-10H2,1-2H3. The van der Waals surface area contributed by atoms with Crippen LogP contribution in [0.3, 0.4) is 0 Å². The van der Waals surface area contributed by atoms with E-state index in [0.717, 1.165) is 11.3 Å². The zero-order valence-electron chi connectivity index (χ0n) is 10.4. The molecule has 4 heteroatoms. The number of methoxy groups -OCH3 is 1. The summed E-state index contributed by atoms with van der Waals surface area (Å²) in [5.74, 6) is 0.691. The highest BCUT2D eigenvalue weighted by Gasteiger charge is 2.03. The minimum Gasteiger partial charge on any atom is -0.494 e. The third kappa shape index (κ3) is 4.87. The van der Waals surface area contributed by atoms with Crippen molar-refractivity contribution in [1.82, 2.24) is 5.32 Å². The quantitative estimate of drug-likeness (QED) is 0.579. The Morgan fingerprint density at radius 3 is 2.82 bits per heavy atom. The van der Waals surface area contributed by atoms with Gasteiger partial charge >= 0.3 is 5.97 Å². The lowest BCUT2D eigenvalue weighted by atomic mass is 10.2. The molecular weight excluding hydrogens is 218 g/mol. The second kappa shape index (κ2) is 7.68. The lowest BCUT2D eigenvalue weighted by Crippen LogP contribution is -2.18. The molecule has 0 spiro atoms. The first kappa shape index (κ1) is 13.5. The number of nitrogens with one attached hydrogen (secondary N) is 1. The second-order valence-corrected chi connectivity index (χ2v) is 3.54. The van der Waals surface area contributed by atoms with Crippen molar-refractivity contribution < 1.29 is 14.3 Å². The second-order valence-electron chi connectivity index (χ2n) is 3.54. The van der Waals surface area contributed by atoms with Crippen molar-refractivity contribution in [2.24, 2.45) is 0 Å². The molecule has 1 aromatic carbocycles. The monoisotopic (exact) mass is 237 g/mol. The average Bonchev–Trinajstić information content (AvgIpc) is 2.36. The fourth-order valence-electron chi connectivity index (χ4n) is 1.46. The summed E-state index contributed by atoms with van der Waals surface area (Å²) < 4.78 is 10.1. The molecule has 0 amide bonds. The van der Waals surface area contributed by atoms with E-state index in [2.05, 4.69) is 10.1 Å². The summed E-state index contributed by atoms with van der Waals surface area (Å²) in [4.78, 5) is 10.9. The lowest BCUT2D eigenvalue weighted by molar-refractivity contribution is -0.140. The molecule has 0 aliphatic heterocycles. The molecule has 1 rings (SSSR count). The van der Waals surface area contributed by atoms with Crippen LogP contribution in [0.5, 0.6) is 5.75 Å². The molecule has 1 aromatic rings. The molecule has 0 aliphatic rings. The molecule has 0 aromatic heterocycles. The molecular formula is C13H19NO3. The first-order valence-electron chi connectivity index (χ1n) is 5.76. The van der Waals surface area contributed by atoms with E-state index in [-0.39, 0.29) is 5.97 Å². The van der Waals surface area contributed by atoms with E-state index in [0.29, 0.717) is 26.1 Å². The van der Waals surface area contributed by atoms with Crippen molar-refractivity contribution >= 4 is 5.97 Å². The minimum absolute atomic E-state index is 0.199. The van der Waals surface area contributed by atoms with Gasteiger partial charge < -0.3 is 14.8 Å². The van der Waals surface area contributed by atoms with Crippen LogP contribution in [-0.4, -0.2) is 26.2 Å². The molecule has 0 bridgehead atoms. The van der Waals surface area contributed by atoms with Gasteiger partial charge in [0.05, 0.1) is 20.1 Å². The van der Waals surface area contributed by atoms with Crippen LogP contribution in [-0.2, 0) is 16.1 Å². The van der Waals surface area contributed by atoms with Gasteiger partial charge in [-0.3, -0.25) is 4.79 Å². The van der Waals surface area contributed by atoms with Crippen LogP contribution in [0.15, 0.2) is 24.3 Å². The SMILES string of the molecule is CCOc1ccccc1CNCCC(=O)OC. The summed E-state index contributed by atoms with van der Waals surface area (Å²) in [5, 5.41) is 3.18. The van der Waals surface area contributed by atoms with Gasteiger partial charge in [-0.05, 0) is 13.0 Å². The number of esters is 1. The first-order chi connectivity index (χ1) is 8.27. The maximum absolute atomic E-state index is 10.9. The van der Waals surface area contributed by atoms with Gasteiger partial charge in [0.25, 0.3) is 0 Å². The van der Waals surface area contributed by atoms with Gasteiger partial charge in [0.1, 0.15) is 5.75 Å². The van der Waals surface area contributed by atoms with Gasteiger partial charge in [-0.2, -0.15) is 0 Å². The average molecular weight is 237 g/mol. The van der Waals surface area contributed by atoms with Crippen molar-refractivity contribution in [2.45, 2.75) is 19.9 Å². The highest BCUT2D eigenvalue weighted by molar-refractivity contribution is 5.69. The summed E-state index contributed by atoms with van der Waals surface area (Å²) in [7, 11) is 1.40. The van der Waals surface area contributed by atoms with E-state index < -0.39 is 0 Å². The Kier molecular flexibility index (Phi) is 6.10. The van der Waals surface area contributed by atoms with Crippen LogP contribution in [0.2, 0.25) is 0 Å². The van der Waals surface area contributed by atoms with E-state index in [1.165, 1.54) is 7.11 Å². The molecule has 0 fully saturated rings. The Morgan fingerprint density at radius 2 is 2.12 bits per heavy atom. The van der Waals surface area contributed by atoms with Crippen molar-refractivity contribution in [3.8, 4) is 5.75 Å². The molecule has 0 aliphatic carbocycles. The van der Waals surface area contributed by atoms with E-state index in [1.54, 1.807) is 0 Å². The maximum Gasteiger partial charge on any atom is 0.306 e. The van der Waals surface area contributed by atoms with Crippen LogP contribution < -0.4 is 10.1 Å². The zero-order valence-corrected chi connectivity index (χ0v) is 10.4. The zero-order chi connectivity index (χ0) is 12.5. The van der Waals surface area contributed by atoms with Crippen LogP contribution in [0.1, 0.15) is 18.9 Å². The normalized spacial score (nSPS) is 10.0. The molecule has 0 saturated heterocycles. The molecule has 4 nitrogen and oxygen atoms in total. The molecule has 94 valence electrons. The summed E-state index contributed by atoms with van der Waals surface area (Å²) in [6, 6.07) is 7.87.